The summed E-state index contributed by atoms with van der Waals surface area (Å²) in [6.45, 7) is 0.298. The van der Waals surface area contributed by atoms with Gasteiger partial charge in [-0.1, -0.05) is 12.8 Å². The highest BCUT2D eigenvalue weighted by Gasteiger charge is 2.67. The molecule has 4 aliphatic rings. The predicted octanol–water partition coefficient (Wildman–Crippen LogP) is 9.29. The normalized spacial score (nSPS) is 31.8. The Morgan fingerprint density at radius 2 is 1.16 bits per heavy atom. The minimum atomic E-state index is -0.418. The van der Waals surface area contributed by atoms with E-state index in [4.69, 9.17) is 0 Å². The highest BCUT2D eigenvalue weighted by atomic mass is 33.5. The first-order valence-corrected chi connectivity index (χ1v) is 22.8. The molecule has 106 valence electrons. The van der Waals surface area contributed by atoms with Gasteiger partial charge >= 0.3 is 0 Å². The van der Waals surface area contributed by atoms with Crippen LogP contribution in [0.5, 0.6) is 0 Å². The number of hydrogen-bond donors (Lipinski definition) is 0. The molecule has 0 aromatic carbocycles. The lowest BCUT2D eigenvalue weighted by Crippen LogP contribution is -2.22. The first kappa shape index (κ1) is 13.5. The molecule has 0 nitrogen and oxygen atoms in total. The van der Waals surface area contributed by atoms with Crippen molar-refractivity contribution < 1.29 is 0 Å². The van der Waals surface area contributed by atoms with E-state index in [1.807, 2.05) is 0 Å². The van der Waals surface area contributed by atoms with E-state index >= 15 is 0 Å². The van der Waals surface area contributed by atoms with Gasteiger partial charge in [0.2, 0.25) is 0 Å². The fraction of sp³-hybridized carbons (Fsp3) is 1.00. The third-order valence-electron chi connectivity index (χ3n) is 5.48. The lowest BCUT2D eigenvalue weighted by Gasteiger charge is -2.37. The van der Waals surface area contributed by atoms with Crippen molar-refractivity contribution in [2.24, 2.45) is 0 Å². The Labute approximate surface area is 127 Å². The summed E-state index contributed by atoms with van der Waals surface area (Å²) in [5, 5.41) is 0. The van der Waals surface area contributed by atoms with E-state index in [0.29, 0.717) is 23.9 Å². The largest absolute Gasteiger partial charge is 0.164 e. The van der Waals surface area contributed by atoms with E-state index < -0.39 is 6.64 Å². The molecule has 2 atom stereocenters. The molecule has 4 bridgehead atoms. The average Bonchev–Trinajstić information content (AvgIpc) is 2.87. The zero-order chi connectivity index (χ0) is 12.4. The van der Waals surface area contributed by atoms with Crippen molar-refractivity contribution in [3.8, 4) is 0 Å². The standard InChI is InChI=1S/C12H22P5S2/c1-3-7-11(8-4-1)17(12-9-5-2-6-10-12)13-14-15(13)19-16(17)18-14/h11-12H,1-10H2/q+1. The lowest BCUT2D eigenvalue weighted by atomic mass is 10.00. The van der Waals surface area contributed by atoms with E-state index in [9.17, 15) is 0 Å². The molecule has 7 heteroatoms. The molecule has 2 fully saturated rings. The molecule has 0 N–H and O–H groups in total. The average molecular weight is 385 g/mol. The Bertz CT molecular complexity index is 545. The van der Waals surface area contributed by atoms with Crippen molar-refractivity contribution >= 4 is 51.6 Å². The Hall–Kier alpha value is 2.07. The van der Waals surface area contributed by atoms with Crippen LogP contribution < -0.4 is 0 Å². The van der Waals surface area contributed by atoms with Gasteiger partial charge in [-0.3, -0.25) is 0 Å². The van der Waals surface area contributed by atoms with Gasteiger partial charge in [0, 0.05) is 0 Å². The molecular formula is C12H22P5S2+. The van der Waals surface area contributed by atoms with Crippen LogP contribution in [0.25, 0.3) is 0 Å². The fourth-order valence-corrected chi connectivity index (χ4v) is 174. The Morgan fingerprint density at radius 1 is 0.684 bits per heavy atom. The van der Waals surface area contributed by atoms with Crippen LogP contribution in [0.2, 0.25) is 0 Å². The SMILES string of the molecule is C1CCC([P+]2(C3CCCCC3)p3sp4p2p4s3)CC1. The van der Waals surface area contributed by atoms with Crippen LogP contribution in [0.15, 0.2) is 0 Å². The zero-order valence-electron chi connectivity index (χ0n) is 11.3. The number of hydrogen-bond acceptors (Lipinski definition) is 2. The van der Waals surface area contributed by atoms with Gasteiger partial charge in [-0.15, -0.1) is 0 Å². The van der Waals surface area contributed by atoms with Gasteiger partial charge in [0.1, 0.15) is 13.2 Å². The Morgan fingerprint density at radius 3 is 1.53 bits per heavy atom. The first-order chi connectivity index (χ1) is 9.42. The quantitative estimate of drug-likeness (QED) is 0.452. The van der Waals surface area contributed by atoms with E-state index in [0.717, 1.165) is 0 Å². The minimum absolute atomic E-state index is 0.418. The van der Waals surface area contributed by atoms with Crippen LogP contribution in [0.4, 0.5) is 0 Å². The van der Waals surface area contributed by atoms with Crippen molar-refractivity contribution in [2.45, 2.75) is 75.5 Å². The summed E-state index contributed by atoms with van der Waals surface area (Å²) in [4.78, 5) is 0. The van der Waals surface area contributed by atoms with E-state index in [2.05, 4.69) is 21.1 Å². The Balaban J connectivity index is 1.58. The van der Waals surface area contributed by atoms with Gasteiger partial charge in [-0.2, -0.15) is 0 Å². The van der Waals surface area contributed by atoms with E-state index in [1.165, 1.54) is 11.3 Å². The second-order valence-electron chi connectivity index (χ2n) is 6.46. The number of rotatable bonds is 2. The maximum Gasteiger partial charge on any atom is 0.164 e. The predicted molar refractivity (Wildman–Crippen MR) is 102 cm³/mol. The van der Waals surface area contributed by atoms with Gasteiger partial charge in [0.05, 0.1) is 23.1 Å². The smallest absolute Gasteiger partial charge is 0.0530 e. The highest BCUT2D eigenvalue weighted by Crippen LogP contribution is 3.25. The van der Waals surface area contributed by atoms with E-state index in [1.54, 1.807) is 64.2 Å². The minimum Gasteiger partial charge on any atom is -0.0530 e. The van der Waals surface area contributed by atoms with Crippen LogP contribution in [0.3, 0.4) is 0 Å². The lowest BCUT2D eigenvalue weighted by molar-refractivity contribution is 0.487. The molecule has 2 saturated carbocycles. The second kappa shape index (κ2) is 5.04. The van der Waals surface area contributed by atoms with Gasteiger partial charge in [-0.05, 0) is 72.5 Å². The Kier molecular flexibility index (Phi) is 3.58. The van der Waals surface area contributed by atoms with Crippen molar-refractivity contribution in [1.82, 2.24) is 0 Å². The topological polar surface area (TPSA) is 0 Å². The molecule has 0 radical (unpaired) electrons. The maximum absolute atomic E-state index is 2.66. The fourth-order valence-electron chi connectivity index (χ4n) is 4.57. The van der Waals surface area contributed by atoms with Gasteiger partial charge in [-0.25, -0.2) is 0 Å². The summed E-state index contributed by atoms with van der Waals surface area (Å²) in [7, 11) is 5.32. The molecule has 2 aromatic heterocycles. The summed E-state index contributed by atoms with van der Waals surface area (Å²) in [6.07, 6.45) is 16.3. The molecule has 0 spiro atoms. The van der Waals surface area contributed by atoms with Crippen molar-refractivity contribution in [2.75, 3.05) is 0 Å². The first-order valence-electron chi connectivity index (χ1n) is 7.88. The van der Waals surface area contributed by atoms with Crippen LogP contribution in [-0.2, 0) is 0 Å². The summed E-state index contributed by atoms with van der Waals surface area (Å²) in [5.41, 5.74) is 3.15. The van der Waals surface area contributed by atoms with Crippen LogP contribution in [-0.4, -0.2) is 11.3 Å². The van der Waals surface area contributed by atoms with Crippen molar-refractivity contribution in [3.63, 3.8) is 0 Å². The van der Waals surface area contributed by atoms with Gasteiger partial charge in [0.15, 0.2) is 5.58 Å². The summed E-state index contributed by atoms with van der Waals surface area (Å²) < 4.78 is 0. The molecule has 2 aromatic rings. The summed E-state index contributed by atoms with van der Waals surface area (Å²) in [5.74, 6) is 1.33. The molecule has 19 heavy (non-hydrogen) atoms. The maximum atomic E-state index is 2.66. The molecule has 2 aliphatic heterocycles. The molecular weight excluding hydrogens is 363 g/mol. The third kappa shape index (κ3) is 1.82. The van der Waals surface area contributed by atoms with Crippen molar-refractivity contribution in [1.29, 1.82) is 0 Å². The molecule has 4 heterocycles. The molecule has 6 rings (SSSR count). The summed E-state index contributed by atoms with van der Waals surface area (Å²) >= 11 is 0. The second-order valence-corrected chi connectivity index (χ2v) is 44.8. The van der Waals surface area contributed by atoms with Crippen molar-refractivity contribution in [3.05, 3.63) is 0 Å². The van der Waals surface area contributed by atoms with E-state index in [-0.39, 0.29) is 0 Å². The summed E-state index contributed by atoms with van der Waals surface area (Å²) in [6, 6.07) is 0. The van der Waals surface area contributed by atoms with Crippen LogP contribution in [0.1, 0.15) is 64.2 Å². The molecule has 2 unspecified atom stereocenters. The molecule has 2 aliphatic carbocycles. The highest BCUT2D eigenvalue weighted by molar-refractivity contribution is 9.21. The molecule has 0 amide bonds. The molecule has 0 saturated heterocycles. The monoisotopic (exact) mass is 385 g/mol. The van der Waals surface area contributed by atoms with Crippen LogP contribution in [0, 0.1) is 0 Å². The van der Waals surface area contributed by atoms with Gasteiger partial charge in [0.25, 0.3) is 0 Å². The zero-order valence-corrected chi connectivity index (χ0v) is 17.4. The van der Waals surface area contributed by atoms with Crippen LogP contribution >= 0.6 is 51.6 Å². The third-order valence-corrected chi connectivity index (χ3v) is 86.9. The van der Waals surface area contributed by atoms with Gasteiger partial charge < -0.3 is 0 Å².